The summed E-state index contributed by atoms with van der Waals surface area (Å²) in [5, 5.41) is 0. The molecule has 22 heavy (non-hydrogen) atoms. The van der Waals surface area contributed by atoms with Crippen LogP contribution in [0.5, 0.6) is 5.75 Å². The second-order valence-electron chi connectivity index (χ2n) is 6.10. The van der Waals surface area contributed by atoms with Gasteiger partial charge in [0.05, 0.1) is 6.61 Å². The molecule has 0 radical (unpaired) electrons. The lowest BCUT2D eigenvalue weighted by Crippen LogP contribution is -2.04. The molecule has 0 amide bonds. The normalized spacial score (nSPS) is 17.0. The molecule has 1 aromatic carbocycles. The van der Waals surface area contributed by atoms with Crippen molar-refractivity contribution in [3.63, 3.8) is 0 Å². The van der Waals surface area contributed by atoms with E-state index >= 15 is 0 Å². The number of ether oxygens (including phenoxy) is 2. The topological polar surface area (TPSA) is 21.8 Å². The maximum absolute atomic E-state index is 5.73. The first-order valence-corrected chi connectivity index (χ1v) is 8.87. The molecule has 122 valence electrons. The van der Waals surface area contributed by atoms with Gasteiger partial charge in [0, 0.05) is 0 Å². The lowest BCUT2D eigenvalue weighted by Gasteiger charge is -2.07. The second kappa shape index (κ2) is 10.4. The molecule has 0 saturated carbocycles. The SMILES string of the molecule is CC/C=C/CCCCCCCc1cccc(OCC2CO2)c1. The number of allylic oxidation sites excluding steroid dienone is 2. The van der Waals surface area contributed by atoms with Crippen LogP contribution in [0, 0.1) is 0 Å². The molecular formula is C20H30O2. The summed E-state index contributed by atoms with van der Waals surface area (Å²) in [5.74, 6) is 0.982. The summed E-state index contributed by atoms with van der Waals surface area (Å²) in [6.07, 6.45) is 15.1. The minimum absolute atomic E-state index is 0.329. The van der Waals surface area contributed by atoms with Crippen molar-refractivity contribution in [3.05, 3.63) is 42.0 Å². The zero-order valence-corrected chi connectivity index (χ0v) is 13.9. The van der Waals surface area contributed by atoms with Gasteiger partial charge < -0.3 is 9.47 Å². The molecule has 2 heteroatoms. The molecule has 1 aliphatic heterocycles. The zero-order valence-electron chi connectivity index (χ0n) is 13.9. The number of unbranched alkanes of at least 4 members (excludes halogenated alkanes) is 5. The highest BCUT2D eigenvalue weighted by molar-refractivity contribution is 5.28. The van der Waals surface area contributed by atoms with Crippen LogP contribution in [0.25, 0.3) is 0 Å². The summed E-state index contributed by atoms with van der Waals surface area (Å²) in [6.45, 7) is 3.74. The molecule has 0 bridgehead atoms. The Morgan fingerprint density at radius 2 is 1.95 bits per heavy atom. The second-order valence-corrected chi connectivity index (χ2v) is 6.10. The average Bonchev–Trinajstić information content (AvgIpc) is 3.36. The monoisotopic (exact) mass is 302 g/mol. The molecule has 0 aromatic heterocycles. The highest BCUT2D eigenvalue weighted by atomic mass is 16.6. The standard InChI is InChI=1S/C20H30O2/c1-2-3-4-5-6-7-8-9-10-12-18-13-11-14-19(15-18)21-16-20-17-22-20/h3-4,11,13-15,20H,2,5-10,12,16-17H2,1H3/b4-3+. The minimum atomic E-state index is 0.329. The Bertz CT molecular complexity index is 435. The van der Waals surface area contributed by atoms with E-state index in [1.54, 1.807) is 0 Å². The van der Waals surface area contributed by atoms with Crippen LogP contribution in [0.3, 0.4) is 0 Å². The van der Waals surface area contributed by atoms with Gasteiger partial charge in [-0.05, 0) is 49.8 Å². The molecule has 1 fully saturated rings. The Morgan fingerprint density at radius 3 is 2.77 bits per heavy atom. The van der Waals surface area contributed by atoms with E-state index in [1.165, 1.54) is 44.1 Å². The molecule has 1 saturated heterocycles. The molecule has 1 aromatic rings. The average molecular weight is 302 g/mol. The molecule has 0 N–H and O–H groups in total. The number of epoxide rings is 1. The lowest BCUT2D eigenvalue weighted by atomic mass is 10.0. The molecule has 1 aliphatic rings. The quantitative estimate of drug-likeness (QED) is 0.296. The van der Waals surface area contributed by atoms with Crippen LogP contribution in [-0.4, -0.2) is 19.3 Å². The largest absolute Gasteiger partial charge is 0.491 e. The van der Waals surface area contributed by atoms with E-state index in [-0.39, 0.29) is 0 Å². The summed E-state index contributed by atoms with van der Waals surface area (Å²) in [7, 11) is 0. The summed E-state index contributed by atoms with van der Waals surface area (Å²) < 4.78 is 10.9. The molecule has 1 heterocycles. The zero-order chi connectivity index (χ0) is 15.5. The van der Waals surface area contributed by atoms with E-state index in [0.29, 0.717) is 12.7 Å². The summed E-state index contributed by atoms with van der Waals surface area (Å²) in [4.78, 5) is 0. The van der Waals surface area contributed by atoms with Crippen LogP contribution in [0.2, 0.25) is 0 Å². The third kappa shape index (κ3) is 7.65. The molecule has 2 rings (SSSR count). The van der Waals surface area contributed by atoms with Gasteiger partial charge in [-0.15, -0.1) is 0 Å². The van der Waals surface area contributed by atoms with Gasteiger partial charge in [0.25, 0.3) is 0 Å². The predicted molar refractivity (Wildman–Crippen MR) is 92.5 cm³/mol. The van der Waals surface area contributed by atoms with Gasteiger partial charge in [0.15, 0.2) is 0 Å². The van der Waals surface area contributed by atoms with Crippen molar-refractivity contribution in [1.29, 1.82) is 0 Å². The number of hydrogen-bond acceptors (Lipinski definition) is 2. The Morgan fingerprint density at radius 1 is 1.14 bits per heavy atom. The van der Waals surface area contributed by atoms with Crippen molar-refractivity contribution in [3.8, 4) is 5.75 Å². The molecule has 0 aliphatic carbocycles. The van der Waals surface area contributed by atoms with Crippen LogP contribution in [0.1, 0.15) is 57.4 Å². The van der Waals surface area contributed by atoms with Gasteiger partial charge >= 0.3 is 0 Å². The van der Waals surface area contributed by atoms with Gasteiger partial charge in [-0.1, -0.05) is 50.5 Å². The van der Waals surface area contributed by atoms with Crippen LogP contribution in [0.4, 0.5) is 0 Å². The first-order chi connectivity index (χ1) is 10.9. The third-order valence-electron chi connectivity index (χ3n) is 3.98. The Labute approximate surface area is 135 Å². The minimum Gasteiger partial charge on any atom is -0.491 e. The van der Waals surface area contributed by atoms with Crippen molar-refractivity contribution in [2.75, 3.05) is 13.2 Å². The summed E-state index contributed by atoms with van der Waals surface area (Å²) >= 11 is 0. The van der Waals surface area contributed by atoms with Gasteiger partial charge in [0.1, 0.15) is 18.5 Å². The number of rotatable bonds is 12. The van der Waals surface area contributed by atoms with Gasteiger partial charge in [-0.25, -0.2) is 0 Å². The number of benzene rings is 1. The molecular weight excluding hydrogens is 272 g/mol. The molecule has 1 unspecified atom stereocenters. The Balaban J connectivity index is 1.52. The molecule has 1 atom stereocenters. The third-order valence-corrected chi connectivity index (χ3v) is 3.98. The fraction of sp³-hybridized carbons (Fsp3) is 0.600. The fourth-order valence-corrected chi connectivity index (χ4v) is 2.55. The first kappa shape index (κ1) is 17.1. The van der Waals surface area contributed by atoms with Crippen LogP contribution in [-0.2, 0) is 11.2 Å². The van der Waals surface area contributed by atoms with Crippen molar-refractivity contribution in [2.45, 2.75) is 64.4 Å². The number of hydrogen-bond donors (Lipinski definition) is 0. The van der Waals surface area contributed by atoms with E-state index < -0.39 is 0 Å². The van der Waals surface area contributed by atoms with Crippen LogP contribution in [0.15, 0.2) is 36.4 Å². The van der Waals surface area contributed by atoms with E-state index in [1.807, 2.05) is 6.07 Å². The maximum atomic E-state index is 5.73. The highest BCUT2D eigenvalue weighted by Gasteiger charge is 2.22. The van der Waals surface area contributed by atoms with Crippen molar-refractivity contribution in [2.24, 2.45) is 0 Å². The predicted octanol–water partition coefficient (Wildman–Crippen LogP) is 5.31. The lowest BCUT2D eigenvalue weighted by molar-refractivity contribution is 0.263. The van der Waals surface area contributed by atoms with E-state index in [9.17, 15) is 0 Å². The van der Waals surface area contributed by atoms with Crippen LogP contribution < -0.4 is 4.74 Å². The van der Waals surface area contributed by atoms with E-state index in [0.717, 1.165) is 25.2 Å². The Kier molecular flexibility index (Phi) is 8.11. The van der Waals surface area contributed by atoms with Crippen molar-refractivity contribution >= 4 is 0 Å². The fourth-order valence-electron chi connectivity index (χ4n) is 2.55. The van der Waals surface area contributed by atoms with Crippen LogP contribution >= 0.6 is 0 Å². The summed E-state index contributed by atoms with van der Waals surface area (Å²) in [5.41, 5.74) is 1.39. The highest BCUT2D eigenvalue weighted by Crippen LogP contribution is 2.18. The van der Waals surface area contributed by atoms with Gasteiger partial charge in [0.2, 0.25) is 0 Å². The summed E-state index contributed by atoms with van der Waals surface area (Å²) in [6, 6.07) is 8.52. The maximum Gasteiger partial charge on any atom is 0.119 e. The molecule has 2 nitrogen and oxygen atoms in total. The van der Waals surface area contributed by atoms with Gasteiger partial charge in [-0.2, -0.15) is 0 Å². The van der Waals surface area contributed by atoms with Crippen molar-refractivity contribution < 1.29 is 9.47 Å². The van der Waals surface area contributed by atoms with Crippen molar-refractivity contribution in [1.82, 2.24) is 0 Å². The smallest absolute Gasteiger partial charge is 0.119 e. The van der Waals surface area contributed by atoms with Gasteiger partial charge in [-0.3, -0.25) is 0 Å². The Hall–Kier alpha value is -1.28. The van der Waals surface area contributed by atoms with E-state index in [2.05, 4.69) is 37.3 Å². The first-order valence-electron chi connectivity index (χ1n) is 8.87. The number of aryl methyl sites for hydroxylation is 1. The molecule has 0 spiro atoms. The van der Waals surface area contributed by atoms with E-state index in [4.69, 9.17) is 9.47 Å².